The van der Waals surface area contributed by atoms with Crippen molar-refractivity contribution in [3.05, 3.63) is 71.4 Å². The first kappa shape index (κ1) is 28.8. The zero-order valence-electron chi connectivity index (χ0n) is 22.2. The molecule has 1 amide bonds. The van der Waals surface area contributed by atoms with Crippen molar-refractivity contribution in [3.63, 3.8) is 0 Å². The Morgan fingerprint density at radius 3 is 2.55 bits per heavy atom. The molecule has 0 spiro atoms. The molecule has 0 saturated heterocycles. The minimum absolute atomic E-state index is 0.259. The van der Waals surface area contributed by atoms with E-state index in [2.05, 4.69) is 25.9 Å². The number of carbonyl (C=O) groups is 1. The Bertz CT molecular complexity index is 1340. The van der Waals surface area contributed by atoms with E-state index in [4.69, 9.17) is 4.74 Å². The number of amides is 1. The van der Waals surface area contributed by atoms with Crippen molar-refractivity contribution >= 4 is 44.7 Å². The lowest BCUT2D eigenvalue weighted by Gasteiger charge is -2.22. The number of carbonyl (C=O) groups excluding carboxylic acids is 1. The van der Waals surface area contributed by atoms with E-state index in [9.17, 15) is 14.3 Å². The monoisotopic (exact) mass is 539 g/mol. The molecule has 202 valence electrons. The summed E-state index contributed by atoms with van der Waals surface area (Å²) in [6.45, 7) is 6.83. The Balaban J connectivity index is 0.00000195. The quantitative estimate of drug-likeness (QED) is 0.198. The first-order valence-electron chi connectivity index (χ1n) is 12.3. The Labute approximate surface area is 226 Å². The van der Waals surface area contributed by atoms with E-state index < -0.39 is 17.7 Å². The molecule has 8 nitrogen and oxygen atoms in total. The molecule has 0 unspecified atom stereocenters. The molecule has 0 fully saturated rings. The lowest BCUT2D eigenvalue weighted by molar-refractivity contribution is -0.00177. The van der Waals surface area contributed by atoms with E-state index in [0.717, 1.165) is 27.2 Å². The van der Waals surface area contributed by atoms with Crippen LogP contribution in [0.2, 0.25) is 0 Å². The second-order valence-corrected chi connectivity index (χ2v) is 9.69. The van der Waals surface area contributed by atoms with Crippen LogP contribution in [-0.2, 0) is 6.54 Å². The van der Waals surface area contributed by atoms with Crippen LogP contribution in [0.15, 0.2) is 60.2 Å². The summed E-state index contributed by atoms with van der Waals surface area (Å²) in [5.41, 5.74) is 3.76. The van der Waals surface area contributed by atoms with Crippen molar-refractivity contribution in [1.29, 1.82) is 0 Å². The SMILES string of the molecule is CC.COc1ccc(CNc2cc(Nc3ccc4ncsc4c3)ncc2C(=O)NC[C@@H](F)C(C)(C)O)cc1. The predicted octanol–water partition coefficient (Wildman–Crippen LogP) is 5.92. The van der Waals surface area contributed by atoms with Gasteiger partial charge in [-0.3, -0.25) is 4.79 Å². The van der Waals surface area contributed by atoms with Crippen molar-refractivity contribution in [2.24, 2.45) is 0 Å². The van der Waals surface area contributed by atoms with Crippen LogP contribution in [0.5, 0.6) is 5.75 Å². The van der Waals surface area contributed by atoms with E-state index in [1.54, 1.807) is 30.0 Å². The van der Waals surface area contributed by atoms with Crippen LogP contribution in [0.3, 0.4) is 0 Å². The number of halogens is 1. The number of ether oxygens (including phenoxy) is 1. The largest absolute Gasteiger partial charge is 0.497 e. The van der Waals surface area contributed by atoms with Crippen molar-refractivity contribution in [2.75, 3.05) is 24.3 Å². The zero-order chi connectivity index (χ0) is 27.7. The van der Waals surface area contributed by atoms with Gasteiger partial charge in [0.15, 0.2) is 0 Å². The summed E-state index contributed by atoms with van der Waals surface area (Å²) in [4.78, 5) is 21.6. The summed E-state index contributed by atoms with van der Waals surface area (Å²) in [6.07, 6.45) is -0.177. The van der Waals surface area contributed by atoms with Gasteiger partial charge in [0.1, 0.15) is 17.7 Å². The van der Waals surface area contributed by atoms with Gasteiger partial charge >= 0.3 is 0 Å². The number of rotatable bonds is 10. The first-order chi connectivity index (χ1) is 18.2. The van der Waals surface area contributed by atoms with Gasteiger partial charge in [0.2, 0.25) is 0 Å². The Morgan fingerprint density at radius 1 is 1.13 bits per heavy atom. The average Bonchev–Trinajstić information content (AvgIpc) is 3.39. The van der Waals surface area contributed by atoms with E-state index >= 15 is 0 Å². The van der Waals surface area contributed by atoms with Gasteiger partial charge in [-0.1, -0.05) is 26.0 Å². The van der Waals surface area contributed by atoms with E-state index in [0.29, 0.717) is 18.1 Å². The second kappa shape index (κ2) is 13.2. The number of hydrogen-bond donors (Lipinski definition) is 4. The standard InChI is InChI=1S/C26H28FN5O3S.C2H6/c1-26(2,34)23(27)14-30-25(33)19-13-29-24(32-17-6-9-20-22(10-17)36-15-31-20)11-21(19)28-12-16-4-7-18(35-3)8-5-16;1-2/h4-11,13,15,23,34H,12,14H2,1-3H3,(H,30,33)(H2,28,29,32);1-2H3/t23-;/m1./s1. The molecule has 1 atom stereocenters. The number of methoxy groups -OCH3 is 1. The van der Waals surface area contributed by atoms with Gasteiger partial charge in [-0.2, -0.15) is 0 Å². The Morgan fingerprint density at radius 2 is 1.87 bits per heavy atom. The van der Waals surface area contributed by atoms with Crippen LogP contribution in [0.4, 0.5) is 21.6 Å². The molecule has 38 heavy (non-hydrogen) atoms. The number of benzene rings is 2. The summed E-state index contributed by atoms with van der Waals surface area (Å²) < 4.78 is 20.4. The maximum atomic E-state index is 14.2. The van der Waals surface area contributed by atoms with Crippen LogP contribution in [-0.4, -0.2) is 46.4 Å². The Hall–Kier alpha value is -3.76. The fraction of sp³-hybridized carbons (Fsp3) is 0.321. The highest BCUT2D eigenvalue weighted by atomic mass is 32.1. The summed E-state index contributed by atoms with van der Waals surface area (Å²) in [6, 6.07) is 15.1. The summed E-state index contributed by atoms with van der Waals surface area (Å²) in [5, 5.41) is 18.9. The molecule has 2 aromatic carbocycles. The molecule has 0 aliphatic rings. The highest BCUT2D eigenvalue weighted by molar-refractivity contribution is 7.16. The van der Waals surface area contributed by atoms with Crippen LogP contribution >= 0.6 is 11.3 Å². The lowest BCUT2D eigenvalue weighted by atomic mass is 10.0. The number of aromatic nitrogens is 2. The molecule has 2 heterocycles. The molecule has 0 radical (unpaired) electrons. The number of pyridine rings is 1. The number of nitrogens with zero attached hydrogens (tertiary/aromatic N) is 2. The molecular weight excluding hydrogens is 505 g/mol. The summed E-state index contributed by atoms with van der Waals surface area (Å²) in [5.74, 6) is 0.788. The molecule has 4 N–H and O–H groups in total. The lowest BCUT2D eigenvalue weighted by Crippen LogP contribution is -2.42. The molecule has 10 heteroatoms. The van der Waals surface area contributed by atoms with Crippen molar-refractivity contribution in [1.82, 2.24) is 15.3 Å². The molecule has 0 saturated carbocycles. The van der Waals surface area contributed by atoms with Crippen LogP contribution in [0.25, 0.3) is 10.2 Å². The number of aliphatic hydroxyl groups is 1. The second-order valence-electron chi connectivity index (χ2n) is 8.81. The number of nitrogens with one attached hydrogen (secondary N) is 3. The number of thiazole rings is 1. The van der Waals surface area contributed by atoms with E-state index in [1.807, 2.05) is 56.3 Å². The number of fused-ring (bicyclic) bond motifs is 1. The summed E-state index contributed by atoms with van der Waals surface area (Å²) >= 11 is 1.55. The van der Waals surface area contributed by atoms with Gasteiger partial charge in [0.25, 0.3) is 5.91 Å². The van der Waals surface area contributed by atoms with Crippen LogP contribution < -0.4 is 20.7 Å². The van der Waals surface area contributed by atoms with Gasteiger partial charge in [-0.05, 0) is 49.7 Å². The van der Waals surface area contributed by atoms with Crippen molar-refractivity contribution in [3.8, 4) is 5.75 Å². The number of hydrogen-bond acceptors (Lipinski definition) is 8. The number of alkyl halides is 1. The van der Waals surface area contributed by atoms with Crippen molar-refractivity contribution in [2.45, 2.75) is 46.0 Å². The van der Waals surface area contributed by atoms with Crippen molar-refractivity contribution < 1.29 is 19.0 Å². The minimum Gasteiger partial charge on any atom is -0.497 e. The van der Waals surface area contributed by atoms with Gasteiger partial charge in [-0.25, -0.2) is 14.4 Å². The molecule has 4 rings (SSSR count). The molecule has 0 bridgehead atoms. The average molecular weight is 540 g/mol. The minimum atomic E-state index is -1.62. The topological polar surface area (TPSA) is 108 Å². The molecule has 4 aromatic rings. The van der Waals surface area contributed by atoms with Gasteiger partial charge in [-0.15, -0.1) is 11.3 Å². The predicted molar refractivity (Wildman–Crippen MR) is 152 cm³/mol. The van der Waals surface area contributed by atoms with Gasteiger partial charge in [0, 0.05) is 24.5 Å². The zero-order valence-corrected chi connectivity index (χ0v) is 23.0. The smallest absolute Gasteiger partial charge is 0.255 e. The third kappa shape index (κ3) is 7.62. The molecule has 0 aliphatic heterocycles. The number of anilines is 3. The molecular formula is C28H34FN5O3S. The first-order valence-corrected chi connectivity index (χ1v) is 13.2. The van der Waals surface area contributed by atoms with Crippen LogP contribution in [0, 0.1) is 0 Å². The van der Waals surface area contributed by atoms with E-state index in [1.165, 1.54) is 20.0 Å². The third-order valence-electron chi connectivity index (χ3n) is 5.60. The summed E-state index contributed by atoms with van der Waals surface area (Å²) in [7, 11) is 1.61. The van der Waals surface area contributed by atoms with E-state index in [-0.39, 0.29) is 12.1 Å². The molecule has 2 aromatic heterocycles. The normalized spacial score (nSPS) is 11.8. The fourth-order valence-corrected chi connectivity index (χ4v) is 4.12. The Kier molecular flexibility index (Phi) is 9.98. The highest BCUT2D eigenvalue weighted by Crippen LogP contribution is 2.26. The van der Waals surface area contributed by atoms with Gasteiger partial charge < -0.3 is 25.8 Å². The molecule has 0 aliphatic carbocycles. The van der Waals surface area contributed by atoms with Gasteiger partial charge in [0.05, 0.1) is 46.2 Å². The third-order valence-corrected chi connectivity index (χ3v) is 6.39. The maximum Gasteiger partial charge on any atom is 0.255 e. The van der Waals surface area contributed by atoms with Crippen LogP contribution in [0.1, 0.15) is 43.6 Å². The highest BCUT2D eigenvalue weighted by Gasteiger charge is 2.27. The fourth-order valence-electron chi connectivity index (χ4n) is 3.40. The maximum absolute atomic E-state index is 14.2.